The van der Waals surface area contributed by atoms with Gasteiger partial charge in [-0.1, -0.05) is 30.3 Å². The van der Waals surface area contributed by atoms with Crippen LogP contribution >= 0.6 is 0 Å². The van der Waals surface area contributed by atoms with Crippen molar-refractivity contribution in [2.75, 3.05) is 46.4 Å². The highest BCUT2D eigenvalue weighted by molar-refractivity contribution is 5.95. The van der Waals surface area contributed by atoms with E-state index in [9.17, 15) is 27.6 Å². The standard InChI is InChI=1S/C28H31F3N4O4/c1-3-39-26(37)23-22(18-34-14-7-15-35(17-16-34)25(36)20-8-5-4-6-9-20)33(2)27(38)32-24(23)19-10-12-21(13-11-19)28(29,30)31/h4-6,8-13,24H,3,7,14-18H2,1-2H3,(H,32,38)/t24-/m1/s1. The van der Waals surface area contributed by atoms with Crippen LogP contribution in [0.3, 0.4) is 0 Å². The molecule has 0 unspecified atom stereocenters. The van der Waals surface area contributed by atoms with Crippen LogP contribution in [0.4, 0.5) is 18.0 Å². The molecule has 3 amide bonds. The van der Waals surface area contributed by atoms with Crippen LogP contribution in [0.1, 0.15) is 40.9 Å². The van der Waals surface area contributed by atoms with Gasteiger partial charge in [-0.2, -0.15) is 13.2 Å². The van der Waals surface area contributed by atoms with E-state index in [2.05, 4.69) is 10.2 Å². The molecule has 8 nitrogen and oxygen atoms in total. The first-order chi connectivity index (χ1) is 18.6. The molecule has 0 radical (unpaired) electrons. The lowest BCUT2D eigenvalue weighted by Gasteiger charge is -2.36. The number of ether oxygens (including phenoxy) is 1. The molecular weight excluding hydrogens is 513 g/mol. The highest BCUT2D eigenvalue weighted by atomic mass is 19.4. The minimum atomic E-state index is -4.51. The van der Waals surface area contributed by atoms with Crippen molar-refractivity contribution in [2.45, 2.75) is 25.6 Å². The van der Waals surface area contributed by atoms with E-state index in [4.69, 9.17) is 4.74 Å². The Morgan fingerprint density at radius 1 is 1.00 bits per heavy atom. The number of urea groups is 1. The van der Waals surface area contributed by atoms with Crippen LogP contribution in [0.2, 0.25) is 0 Å². The molecule has 1 atom stereocenters. The summed E-state index contributed by atoms with van der Waals surface area (Å²) in [4.78, 5) is 44.2. The Morgan fingerprint density at radius 2 is 1.69 bits per heavy atom. The molecule has 0 aliphatic carbocycles. The third-order valence-electron chi connectivity index (χ3n) is 6.91. The molecule has 0 bridgehead atoms. The van der Waals surface area contributed by atoms with Crippen molar-refractivity contribution in [3.63, 3.8) is 0 Å². The second kappa shape index (κ2) is 11.9. The number of amides is 3. The predicted octanol–water partition coefficient (Wildman–Crippen LogP) is 4.07. The van der Waals surface area contributed by atoms with E-state index in [0.717, 1.165) is 12.1 Å². The number of likely N-dealkylation sites (N-methyl/N-ethyl adjacent to an activating group) is 1. The van der Waals surface area contributed by atoms with Crippen molar-refractivity contribution in [3.05, 3.63) is 82.6 Å². The third-order valence-corrected chi connectivity index (χ3v) is 6.91. The molecule has 0 spiro atoms. The molecule has 1 saturated heterocycles. The smallest absolute Gasteiger partial charge is 0.416 e. The fourth-order valence-corrected chi connectivity index (χ4v) is 4.82. The van der Waals surface area contributed by atoms with Gasteiger partial charge in [-0.25, -0.2) is 9.59 Å². The Balaban J connectivity index is 1.61. The van der Waals surface area contributed by atoms with Crippen LogP contribution in [0.25, 0.3) is 0 Å². The van der Waals surface area contributed by atoms with Crippen LogP contribution in [-0.2, 0) is 15.7 Å². The predicted molar refractivity (Wildman–Crippen MR) is 138 cm³/mol. The van der Waals surface area contributed by atoms with Gasteiger partial charge in [0.2, 0.25) is 0 Å². The SMILES string of the molecule is CCOC(=O)C1=C(CN2CCCN(C(=O)c3ccccc3)CC2)N(C)C(=O)N[C@@H]1c1ccc(C(F)(F)F)cc1. The van der Waals surface area contributed by atoms with Crippen molar-refractivity contribution >= 4 is 17.9 Å². The Kier molecular flexibility index (Phi) is 8.59. The van der Waals surface area contributed by atoms with Gasteiger partial charge in [-0.05, 0) is 43.2 Å². The summed E-state index contributed by atoms with van der Waals surface area (Å²) in [7, 11) is 1.54. The quantitative estimate of drug-likeness (QED) is 0.555. The Labute approximate surface area is 225 Å². The average Bonchev–Trinajstić information content (AvgIpc) is 3.16. The highest BCUT2D eigenvalue weighted by Crippen LogP contribution is 2.34. The third kappa shape index (κ3) is 6.42. The summed E-state index contributed by atoms with van der Waals surface area (Å²) >= 11 is 0. The Bertz CT molecular complexity index is 1230. The van der Waals surface area contributed by atoms with Crippen LogP contribution < -0.4 is 5.32 Å². The first kappa shape index (κ1) is 28.2. The van der Waals surface area contributed by atoms with Crippen molar-refractivity contribution in [3.8, 4) is 0 Å². The first-order valence-corrected chi connectivity index (χ1v) is 12.8. The lowest BCUT2D eigenvalue weighted by molar-refractivity contribution is -0.139. The summed E-state index contributed by atoms with van der Waals surface area (Å²) in [6.07, 6.45) is -3.82. The van der Waals surface area contributed by atoms with Crippen LogP contribution in [-0.4, -0.2) is 79.0 Å². The van der Waals surface area contributed by atoms with E-state index in [-0.39, 0.29) is 24.6 Å². The summed E-state index contributed by atoms with van der Waals surface area (Å²) < 4.78 is 44.7. The summed E-state index contributed by atoms with van der Waals surface area (Å²) in [5.74, 6) is -0.708. The zero-order valence-corrected chi connectivity index (χ0v) is 21.8. The second-order valence-corrected chi connectivity index (χ2v) is 9.43. The number of nitrogens with zero attached hydrogens (tertiary/aromatic N) is 3. The summed E-state index contributed by atoms with van der Waals surface area (Å²) in [5, 5.41) is 2.73. The van der Waals surface area contributed by atoms with Crippen molar-refractivity contribution < 1.29 is 32.3 Å². The molecule has 4 rings (SSSR count). The molecule has 0 saturated carbocycles. The minimum Gasteiger partial charge on any atom is -0.463 e. The number of nitrogens with one attached hydrogen (secondary N) is 1. The van der Waals surface area contributed by atoms with Gasteiger partial charge in [0.1, 0.15) is 0 Å². The molecule has 39 heavy (non-hydrogen) atoms. The Morgan fingerprint density at radius 3 is 2.33 bits per heavy atom. The lowest BCUT2D eigenvalue weighted by atomic mass is 9.93. The largest absolute Gasteiger partial charge is 0.463 e. The van der Waals surface area contributed by atoms with Crippen LogP contribution in [0, 0.1) is 0 Å². The molecule has 2 heterocycles. The maximum atomic E-state index is 13.2. The topological polar surface area (TPSA) is 82.2 Å². The zero-order valence-electron chi connectivity index (χ0n) is 21.8. The second-order valence-electron chi connectivity index (χ2n) is 9.43. The Hall–Kier alpha value is -3.86. The van der Waals surface area contributed by atoms with Gasteiger partial charge in [0.15, 0.2) is 0 Å². The molecule has 11 heteroatoms. The van der Waals surface area contributed by atoms with E-state index >= 15 is 0 Å². The zero-order chi connectivity index (χ0) is 28.2. The maximum absolute atomic E-state index is 13.2. The fraction of sp³-hybridized carbons (Fsp3) is 0.393. The highest BCUT2D eigenvalue weighted by Gasteiger charge is 2.38. The number of halogens is 3. The van der Waals surface area contributed by atoms with Gasteiger partial charge < -0.3 is 15.0 Å². The van der Waals surface area contributed by atoms with E-state index in [0.29, 0.717) is 49.4 Å². The van der Waals surface area contributed by atoms with Crippen molar-refractivity contribution in [1.29, 1.82) is 0 Å². The van der Waals surface area contributed by atoms with Crippen molar-refractivity contribution in [2.24, 2.45) is 0 Å². The molecule has 2 aromatic carbocycles. The monoisotopic (exact) mass is 544 g/mol. The van der Waals surface area contributed by atoms with E-state index in [1.165, 1.54) is 24.1 Å². The molecule has 1 N–H and O–H groups in total. The van der Waals surface area contributed by atoms with E-state index in [1.54, 1.807) is 24.0 Å². The molecular formula is C28H31F3N4O4. The molecule has 2 aliphatic heterocycles. The first-order valence-electron chi connectivity index (χ1n) is 12.8. The molecule has 2 aromatic rings. The van der Waals surface area contributed by atoms with E-state index in [1.807, 2.05) is 18.2 Å². The van der Waals surface area contributed by atoms with Crippen LogP contribution in [0.5, 0.6) is 0 Å². The van der Waals surface area contributed by atoms with Gasteiger partial charge >= 0.3 is 18.2 Å². The number of alkyl halides is 3. The van der Waals surface area contributed by atoms with Gasteiger partial charge in [-0.15, -0.1) is 0 Å². The fourth-order valence-electron chi connectivity index (χ4n) is 4.82. The summed E-state index contributed by atoms with van der Waals surface area (Å²) in [5.41, 5.74) is 0.693. The van der Waals surface area contributed by atoms with Gasteiger partial charge in [0.05, 0.1) is 23.8 Å². The van der Waals surface area contributed by atoms with E-state index < -0.39 is 29.8 Å². The summed E-state index contributed by atoms with van der Waals surface area (Å²) in [6.45, 7) is 4.14. The summed E-state index contributed by atoms with van der Waals surface area (Å²) in [6, 6.07) is 11.9. The molecule has 208 valence electrons. The average molecular weight is 545 g/mol. The normalized spacial score (nSPS) is 19.0. The lowest BCUT2D eigenvalue weighted by Crippen LogP contribution is -2.49. The number of esters is 1. The number of carbonyl (C=O) groups is 3. The van der Waals surface area contributed by atoms with Crippen molar-refractivity contribution in [1.82, 2.24) is 20.0 Å². The van der Waals surface area contributed by atoms with Gasteiger partial charge in [-0.3, -0.25) is 14.6 Å². The number of rotatable bonds is 6. The number of carbonyl (C=O) groups excluding carboxylic acids is 3. The maximum Gasteiger partial charge on any atom is 0.416 e. The number of benzene rings is 2. The molecule has 1 fully saturated rings. The number of hydrogen-bond acceptors (Lipinski definition) is 5. The van der Waals surface area contributed by atoms with Gasteiger partial charge in [0.25, 0.3) is 5.91 Å². The number of hydrogen-bond donors (Lipinski definition) is 1. The molecule has 0 aromatic heterocycles. The minimum absolute atomic E-state index is 0.0552. The van der Waals surface area contributed by atoms with Gasteiger partial charge in [0, 0.05) is 51.0 Å². The molecule has 2 aliphatic rings. The van der Waals surface area contributed by atoms with Crippen LogP contribution in [0.15, 0.2) is 65.9 Å².